The summed E-state index contributed by atoms with van der Waals surface area (Å²) < 4.78 is 6.94. The number of rotatable bonds is 7. The average Bonchev–Trinajstić information content (AvgIpc) is 3.32. The zero-order chi connectivity index (χ0) is 21.7. The van der Waals surface area contributed by atoms with Gasteiger partial charge in [-0.2, -0.15) is 0 Å². The van der Waals surface area contributed by atoms with Crippen molar-refractivity contribution in [2.24, 2.45) is 29.1 Å². The molecule has 0 N–H and O–H groups in total. The van der Waals surface area contributed by atoms with E-state index in [1.165, 1.54) is 24.8 Å². The lowest BCUT2D eigenvalue weighted by molar-refractivity contribution is -0.337. The normalized spacial score (nSPS) is 33.2. The van der Waals surface area contributed by atoms with E-state index < -0.39 is 0 Å². The zero-order valence-electron chi connectivity index (χ0n) is 20.3. The van der Waals surface area contributed by atoms with E-state index in [0.29, 0.717) is 17.8 Å². The summed E-state index contributed by atoms with van der Waals surface area (Å²) in [4.78, 5) is 7.05. The SMILES string of the molecule is CC(C)CC1(CC(C)C)OCC2(C3CCC(C3)C2(C)C)N1O[C@@H](C)c1ccccc1. The van der Waals surface area contributed by atoms with Crippen molar-refractivity contribution < 1.29 is 9.57 Å². The molecule has 30 heavy (non-hydrogen) atoms. The van der Waals surface area contributed by atoms with Crippen molar-refractivity contribution in [1.29, 1.82) is 0 Å². The van der Waals surface area contributed by atoms with Crippen LogP contribution in [0, 0.1) is 29.1 Å². The number of hydrogen-bond donors (Lipinski definition) is 0. The number of fused-ring (bicyclic) bond motifs is 3. The summed E-state index contributed by atoms with van der Waals surface area (Å²) in [5.74, 6) is 2.55. The monoisotopic (exact) mass is 413 g/mol. The summed E-state index contributed by atoms with van der Waals surface area (Å²) >= 11 is 0. The molecule has 3 fully saturated rings. The molecule has 1 spiro atoms. The molecular weight excluding hydrogens is 370 g/mol. The van der Waals surface area contributed by atoms with E-state index >= 15 is 0 Å². The van der Waals surface area contributed by atoms with Gasteiger partial charge in [0.1, 0.15) is 11.8 Å². The average molecular weight is 414 g/mol. The standard InChI is InChI=1S/C27H43NO2/c1-19(2)16-26(17-20(3)4)28(30-21(5)22-11-9-8-10-12-22)27(18-29-26)24-14-13-23(15-24)25(27,6)7/h8-12,19-21,23-24H,13-18H2,1-7H3/t21-,23?,24?,27?/m0/s1. The molecule has 0 radical (unpaired) electrons. The molecule has 0 amide bonds. The number of hydroxylamine groups is 2. The lowest BCUT2D eigenvalue weighted by Gasteiger charge is -2.54. The first-order valence-corrected chi connectivity index (χ1v) is 12.3. The Bertz CT molecular complexity index is 718. The lowest BCUT2D eigenvalue weighted by atomic mass is 9.63. The number of benzene rings is 1. The molecule has 1 heterocycles. The molecule has 1 aromatic rings. The van der Waals surface area contributed by atoms with Crippen LogP contribution in [0.15, 0.2) is 30.3 Å². The minimum absolute atomic E-state index is 0.0124. The summed E-state index contributed by atoms with van der Waals surface area (Å²) in [7, 11) is 0. The van der Waals surface area contributed by atoms with Crippen LogP contribution in [0.4, 0.5) is 0 Å². The Morgan fingerprint density at radius 2 is 1.57 bits per heavy atom. The molecule has 168 valence electrons. The van der Waals surface area contributed by atoms with E-state index in [-0.39, 0.29) is 22.8 Å². The molecule has 3 heteroatoms. The molecule has 1 aromatic carbocycles. The van der Waals surface area contributed by atoms with Gasteiger partial charge in [-0.25, -0.2) is 0 Å². The first-order valence-electron chi connectivity index (χ1n) is 12.3. The molecule has 3 nitrogen and oxygen atoms in total. The molecule has 2 bridgehead atoms. The fourth-order valence-corrected chi connectivity index (χ4v) is 7.18. The molecule has 4 atom stereocenters. The predicted molar refractivity (Wildman–Crippen MR) is 123 cm³/mol. The van der Waals surface area contributed by atoms with Gasteiger partial charge in [-0.3, -0.25) is 4.84 Å². The predicted octanol–water partition coefficient (Wildman–Crippen LogP) is 6.99. The van der Waals surface area contributed by atoms with Crippen LogP contribution < -0.4 is 0 Å². The highest BCUT2D eigenvalue weighted by Crippen LogP contribution is 2.68. The van der Waals surface area contributed by atoms with Crippen LogP contribution in [-0.2, 0) is 9.57 Å². The first-order chi connectivity index (χ1) is 14.1. The Kier molecular flexibility index (Phi) is 5.87. The quantitative estimate of drug-likeness (QED) is 0.480. The fraction of sp³-hybridized carbons (Fsp3) is 0.778. The Morgan fingerprint density at radius 1 is 0.967 bits per heavy atom. The number of ether oxygens (including phenoxy) is 1. The van der Waals surface area contributed by atoms with Gasteiger partial charge >= 0.3 is 0 Å². The third-order valence-electron chi connectivity index (χ3n) is 8.52. The maximum absolute atomic E-state index is 7.05. The van der Waals surface area contributed by atoms with Crippen molar-refractivity contribution in [3.05, 3.63) is 35.9 Å². The molecule has 1 aliphatic heterocycles. The van der Waals surface area contributed by atoms with Crippen molar-refractivity contribution in [2.75, 3.05) is 6.61 Å². The van der Waals surface area contributed by atoms with Gasteiger partial charge in [-0.05, 0) is 73.7 Å². The van der Waals surface area contributed by atoms with Crippen molar-refractivity contribution in [1.82, 2.24) is 5.06 Å². The highest BCUT2D eigenvalue weighted by Gasteiger charge is 2.72. The molecule has 2 saturated carbocycles. The number of nitrogens with zero attached hydrogens (tertiary/aromatic N) is 1. The largest absolute Gasteiger partial charge is 0.356 e. The van der Waals surface area contributed by atoms with Gasteiger partial charge in [0.05, 0.1) is 12.1 Å². The van der Waals surface area contributed by atoms with Gasteiger partial charge in [0.25, 0.3) is 0 Å². The Balaban J connectivity index is 1.77. The van der Waals surface area contributed by atoms with E-state index in [0.717, 1.165) is 25.4 Å². The van der Waals surface area contributed by atoms with Crippen LogP contribution in [0.3, 0.4) is 0 Å². The van der Waals surface area contributed by atoms with Crippen LogP contribution in [0.25, 0.3) is 0 Å². The second-order valence-corrected chi connectivity index (χ2v) is 11.7. The molecule has 2 aliphatic carbocycles. The van der Waals surface area contributed by atoms with Gasteiger partial charge in [0.2, 0.25) is 0 Å². The van der Waals surface area contributed by atoms with Crippen LogP contribution in [0.1, 0.15) is 92.2 Å². The van der Waals surface area contributed by atoms with E-state index in [1.807, 2.05) is 0 Å². The minimum atomic E-state index is -0.340. The van der Waals surface area contributed by atoms with Crippen LogP contribution in [-0.4, -0.2) is 22.9 Å². The van der Waals surface area contributed by atoms with Crippen molar-refractivity contribution in [3.63, 3.8) is 0 Å². The highest BCUT2D eigenvalue weighted by molar-refractivity contribution is 5.21. The summed E-state index contributed by atoms with van der Waals surface area (Å²) in [5, 5.41) is 2.46. The molecule has 3 unspecified atom stereocenters. The van der Waals surface area contributed by atoms with E-state index in [1.54, 1.807) is 0 Å². The second-order valence-electron chi connectivity index (χ2n) is 11.7. The van der Waals surface area contributed by atoms with Gasteiger partial charge in [0, 0.05) is 0 Å². The third kappa shape index (κ3) is 3.36. The first kappa shape index (κ1) is 22.3. The molecule has 0 aromatic heterocycles. The Hall–Kier alpha value is -0.900. The molecule has 3 aliphatic rings. The van der Waals surface area contributed by atoms with Gasteiger partial charge in [-0.1, -0.05) is 71.9 Å². The second kappa shape index (κ2) is 7.90. The van der Waals surface area contributed by atoms with Crippen LogP contribution >= 0.6 is 0 Å². The van der Waals surface area contributed by atoms with Crippen LogP contribution in [0.2, 0.25) is 0 Å². The topological polar surface area (TPSA) is 21.7 Å². The van der Waals surface area contributed by atoms with E-state index in [9.17, 15) is 0 Å². The summed E-state index contributed by atoms with van der Waals surface area (Å²) in [6.07, 6.45) is 6.05. The molecule has 4 rings (SSSR count). The van der Waals surface area contributed by atoms with Gasteiger partial charge < -0.3 is 4.74 Å². The minimum Gasteiger partial charge on any atom is -0.356 e. The van der Waals surface area contributed by atoms with Gasteiger partial charge in [-0.15, -0.1) is 5.06 Å². The fourth-order valence-electron chi connectivity index (χ4n) is 7.18. The summed E-state index contributed by atoms with van der Waals surface area (Å²) in [6, 6.07) is 10.7. The Morgan fingerprint density at radius 3 is 2.10 bits per heavy atom. The van der Waals surface area contributed by atoms with E-state index in [4.69, 9.17) is 9.57 Å². The van der Waals surface area contributed by atoms with Crippen LogP contribution in [0.5, 0.6) is 0 Å². The summed E-state index contributed by atoms with van der Waals surface area (Å²) in [5.41, 5.74) is 1.07. The maximum Gasteiger partial charge on any atom is 0.145 e. The molecular formula is C27H43NO2. The number of hydrogen-bond acceptors (Lipinski definition) is 3. The van der Waals surface area contributed by atoms with Crippen molar-refractivity contribution in [2.45, 2.75) is 97.9 Å². The van der Waals surface area contributed by atoms with E-state index in [2.05, 4.69) is 83.9 Å². The molecule has 1 saturated heterocycles. The van der Waals surface area contributed by atoms with Crippen molar-refractivity contribution >= 4 is 0 Å². The van der Waals surface area contributed by atoms with Crippen molar-refractivity contribution in [3.8, 4) is 0 Å². The Labute approximate surface area is 184 Å². The zero-order valence-corrected chi connectivity index (χ0v) is 20.3. The third-order valence-corrected chi connectivity index (χ3v) is 8.52. The smallest absolute Gasteiger partial charge is 0.145 e. The summed E-state index contributed by atoms with van der Waals surface area (Å²) in [6.45, 7) is 17.3. The maximum atomic E-state index is 7.05. The van der Waals surface area contributed by atoms with Gasteiger partial charge in [0.15, 0.2) is 0 Å². The lowest BCUT2D eigenvalue weighted by Crippen LogP contribution is -2.64. The highest BCUT2D eigenvalue weighted by atomic mass is 16.7.